The number of benzene rings is 3. The number of ether oxygens (including phenoxy) is 1. The number of amides is 1. The number of nitrogens with one attached hydrogen (secondary N) is 1. The molecular weight excluding hydrogens is 438 g/mol. The van der Waals surface area contributed by atoms with Crippen LogP contribution in [-0.2, 0) is 0 Å². The SMILES string of the molecule is COc1ccc(-c2nc3cc(NC(=O)c4ccc(-c5cccc([N+](=O)[O-])c5)o4)ccc3o2)cc1. The Morgan fingerprint density at radius 1 is 0.971 bits per heavy atom. The van der Waals surface area contributed by atoms with E-state index in [4.69, 9.17) is 13.6 Å². The van der Waals surface area contributed by atoms with E-state index in [1.54, 1.807) is 43.5 Å². The standard InChI is InChI=1S/C25H17N3O6/c1-32-19-8-5-15(6-9-19)25-27-20-14-17(7-10-22(20)34-25)26-24(29)23-12-11-21(33-23)16-3-2-4-18(13-16)28(30)31/h2-14H,1H3,(H,26,29). The van der Waals surface area contributed by atoms with Gasteiger partial charge in [0.2, 0.25) is 5.89 Å². The molecule has 0 fully saturated rings. The van der Waals surface area contributed by atoms with Crippen molar-refractivity contribution < 1.29 is 23.3 Å². The number of fused-ring (bicyclic) bond motifs is 1. The van der Waals surface area contributed by atoms with Crippen LogP contribution in [0.1, 0.15) is 10.6 Å². The van der Waals surface area contributed by atoms with Crippen LogP contribution in [0.5, 0.6) is 5.75 Å². The summed E-state index contributed by atoms with van der Waals surface area (Å²) in [5.74, 6) is 1.14. The number of oxazole rings is 1. The second-order valence-corrected chi connectivity index (χ2v) is 7.36. The van der Waals surface area contributed by atoms with Gasteiger partial charge in [0.15, 0.2) is 11.3 Å². The molecule has 0 saturated carbocycles. The lowest BCUT2D eigenvalue weighted by Gasteiger charge is -2.02. The number of hydrogen-bond acceptors (Lipinski definition) is 7. The average molecular weight is 455 g/mol. The molecule has 9 nitrogen and oxygen atoms in total. The van der Waals surface area contributed by atoms with Crippen molar-refractivity contribution in [3.63, 3.8) is 0 Å². The fourth-order valence-corrected chi connectivity index (χ4v) is 3.44. The summed E-state index contributed by atoms with van der Waals surface area (Å²) in [6, 6.07) is 21.6. The molecule has 2 heterocycles. The third kappa shape index (κ3) is 4.09. The highest BCUT2D eigenvalue weighted by molar-refractivity contribution is 6.03. The minimum atomic E-state index is -0.486. The van der Waals surface area contributed by atoms with Crippen molar-refractivity contribution in [2.75, 3.05) is 12.4 Å². The summed E-state index contributed by atoms with van der Waals surface area (Å²) in [6.07, 6.45) is 0. The Bertz CT molecular complexity index is 1520. The summed E-state index contributed by atoms with van der Waals surface area (Å²) in [5, 5.41) is 13.8. The average Bonchev–Trinajstić information content (AvgIpc) is 3.52. The zero-order valence-corrected chi connectivity index (χ0v) is 17.8. The van der Waals surface area contributed by atoms with Crippen molar-refractivity contribution in [2.24, 2.45) is 0 Å². The second-order valence-electron chi connectivity index (χ2n) is 7.36. The van der Waals surface area contributed by atoms with Crippen LogP contribution < -0.4 is 10.1 Å². The Morgan fingerprint density at radius 2 is 1.79 bits per heavy atom. The van der Waals surface area contributed by atoms with E-state index in [0.717, 1.165) is 11.3 Å². The van der Waals surface area contributed by atoms with E-state index in [0.29, 0.717) is 34.0 Å². The Balaban J connectivity index is 1.34. The number of nitro groups is 1. The zero-order chi connectivity index (χ0) is 23.7. The number of rotatable bonds is 6. The molecule has 0 atom stereocenters. The molecule has 2 aromatic heterocycles. The van der Waals surface area contributed by atoms with Gasteiger partial charge in [-0.2, -0.15) is 0 Å². The Hall–Kier alpha value is -4.92. The predicted molar refractivity (Wildman–Crippen MR) is 125 cm³/mol. The number of methoxy groups -OCH3 is 1. The van der Waals surface area contributed by atoms with E-state index in [1.165, 1.54) is 18.2 Å². The van der Waals surface area contributed by atoms with E-state index < -0.39 is 10.8 Å². The highest BCUT2D eigenvalue weighted by atomic mass is 16.6. The summed E-state index contributed by atoms with van der Waals surface area (Å²) >= 11 is 0. The predicted octanol–water partition coefficient (Wildman–Crippen LogP) is 5.92. The number of nitro benzene ring substituents is 1. The number of nitrogens with zero attached hydrogens (tertiary/aromatic N) is 2. The molecule has 1 amide bonds. The summed E-state index contributed by atoms with van der Waals surface area (Å²) in [6.45, 7) is 0. The maximum absolute atomic E-state index is 12.7. The van der Waals surface area contributed by atoms with Crippen molar-refractivity contribution in [1.82, 2.24) is 4.98 Å². The molecule has 0 bridgehead atoms. The quantitative estimate of drug-likeness (QED) is 0.249. The van der Waals surface area contributed by atoms with Crippen LogP contribution in [0, 0.1) is 10.1 Å². The van der Waals surface area contributed by atoms with Gasteiger partial charge < -0.3 is 18.9 Å². The van der Waals surface area contributed by atoms with Crippen molar-refractivity contribution in [3.8, 4) is 28.5 Å². The highest BCUT2D eigenvalue weighted by Gasteiger charge is 2.16. The van der Waals surface area contributed by atoms with Gasteiger partial charge in [-0.1, -0.05) is 12.1 Å². The van der Waals surface area contributed by atoms with Gasteiger partial charge in [0.25, 0.3) is 11.6 Å². The van der Waals surface area contributed by atoms with Gasteiger partial charge in [0, 0.05) is 28.9 Å². The molecule has 0 spiro atoms. The van der Waals surface area contributed by atoms with Gasteiger partial charge in [0.05, 0.1) is 12.0 Å². The van der Waals surface area contributed by atoms with Crippen molar-refractivity contribution in [1.29, 1.82) is 0 Å². The summed E-state index contributed by atoms with van der Waals surface area (Å²) in [7, 11) is 1.60. The first kappa shape index (κ1) is 21.0. The second kappa shape index (κ2) is 8.55. The Morgan fingerprint density at radius 3 is 2.56 bits per heavy atom. The number of anilines is 1. The highest BCUT2D eigenvalue weighted by Crippen LogP contribution is 2.29. The number of non-ortho nitro benzene ring substituents is 1. The van der Waals surface area contributed by atoms with Crippen molar-refractivity contribution in [3.05, 3.63) is 94.7 Å². The topological polar surface area (TPSA) is 121 Å². The monoisotopic (exact) mass is 455 g/mol. The number of carbonyl (C=O) groups excluding carboxylic acids is 1. The van der Waals surface area contributed by atoms with E-state index in [-0.39, 0.29) is 11.4 Å². The van der Waals surface area contributed by atoms with Gasteiger partial charge in [0.1, 0.15) is 17.0 Å². The molecule has 0 aliphatic carbocycles. The van der Waals surface area contributed by atoms with Gasteiger partial charge in [-0.25, -0.2) is 4.98 Å². The lowest BCUT2D eigenvalue weighted by molar-refractivity contribution is -0.384. The third-order valence-electron chi connectivity index (χ3n) is 5.15. The molecule has 0 aliphatic rings. The van der Waals surface area contributed by atoms with Crippen LogP contribution in [0.3, 0.4) is 0 Å². The largest absolute Gasteiger partial charge is 0.497 e. The maximum atomic E-state index is 12.7. The van der Waals surface area contributed by atoms with E-state index in [2.05, 4.69) is 10.3 Å². The molecule has 0 unspecified atom stereocenters. The smallest absolute Gasteiger partial charge is 0.291 e. The molecule has 1 N–H and O–H groups in total. The lowest BCUT2D eigenvalue weighted by Crippen LogP contribution is -2.10. The first-order chi connectivity index (χ1) is 16.5. The summed E-state index contributed by atoms with van der Waals surface area (Å²) in [4.78, 5) is 27.7. The minimum Gasteiger partial charge on any atom is -0.497 e. The number of hydrogen-bond donors (Lipinski definition) is 1. The molecule has 5 aromatic rings. The van der Waals surface area contributed by atoms with Crippen LogP contribution in [-0.4, -0.2) is 22.9 Å². The fourth-order valence-electron chi connectivity index (χ4n) is 3.44. The Kier molecular flexibility index (Phi) is 5.27. The fraction of sp³-hybridized carbons (Fsp3) is 0.0400. The molecular formula is C25H17N3O6. The molecule has 0 saturated heterocycles. The minimum absolute atomic E-state index is 0.0603. The first-order valence-corrected chi connectivity index (χ1v) is 10.2. The summed E-state index contributed by atoms with van der Waals surface area (Å²) < 4.78 is 16.6. The molecule has 5 rings (SSSR count). The first-order valence-electron chi connectivity index (χ1n) is 10.2. The van der Waals surface area contributed by atoms with Crippen molar-refractivity contribution >= 4 is 28.4 Å². The third-order valence-corrected chi connectivity index (χ3v) is 5.15. The van der Waals surface area contributed by atoms with E-state index >= 15 is 0 Å². The number of aromatic nitrogens is 1. The molecule has 168 valence electrons. The van der Waals surface area contributed by atoms with Crippen LogP contribution in [0.4, 0.5) is 11.4 Å². The summed E-state index contributed by atoms with van der Waals surface area (Å²) in [5.41, 5.74) is 2.92. The number of furan rings is 1. The molecule has 34 heavy (non-hydrogen) atoms. The van der Waals surface area contributed by atoms with Gasteiger partial charge in [-0.05, 0) is 54.6 Å². The van der Waals surface area contributed by atoms with Gasteiger partial charge >= 0.3 is 0 Å². The lowest BCUT2D eigenvalue weighted by atomic mass is 10.1. The maximum Gasteiger partial charge on any atom is 0.291 e. The van der Waals surface area contributed by atoms with Gasteiger partial charge in [-0.3, -0.25) is 14.9 Å². The van der Waals surface area contributed by atoms with E-state index in [1.807, 2.05) is 24.3 Å². The molecule has 0 radical (unpaired) electrons. The van der Waals surface area contributed by atoms with E-state index in [9.17, 15) is 14.9 Å². The van der Waals surface area contributed by atoms with Crippen LogP contribution in [0.15, 0.2) is 87.7 Å². The number of carbonyl (C=O) groups is 1. The Labute approximate surface area is 192 Å². The van der Waals surface area contributed by atoms with Crippen LogP contribution >= 0.6 is 0 Å². The zero-order valence-electron chi connectivity index (χ0n) is 17.8. The van der Waals surface area contributed by atoms with Crippen LogP contribution in [0.25, 0.3) is 33.9 Å². The van der Waals surface area contributed by atoms with Gasteiger partial charge in [-0.15, -0.1) is 0 Å². The molecule has 9 heteroatoms. The molecule has 3 aromatic carbocycles. The van der Waals surface area contributed by atoms with Crippen molar-refractivity contribution in [2.45, 2.75) is 0 Å². The van der Waals surface area contributed by atoms with Crippen LogP contribution in [0.2, 0.25) is 0 Å². The normalized spacial score (nSPS) is 10.9. The molecule has 0 aliphatic heterocycles.